The Kier molecular flexibility index (Phi) is 3.09. The Balaban J connectivity index is 1.80. The van der Waals surface area contributed by atoms with Crippen molar-refractivity contribution in [2.45, 2.75) is 25.8 Å². The topological polar surface area (TPSA) is 29.3 Å². The van der Waals surface area contributed by atoms with E-state index in [1.165, 1.54) is 24.1 Å². The van der Waals surface area contributed by atoms with Gasteiger partial charge in [0.2, 0.25) is 0 Å². The molecule has 1 aliphatic carbocycles. The fourth-order valence-corrected chi connectivity index (χ4v) is 2.99. The maximum absolute atomic E-state index is 5.96. The molecule has 2 aliphatic rings. The Labute approximate surface area is 109 Å². The van der Waals surface area contributed by atoms with Gasteiger partial charge in [0.1, 0.15) is 0 Å². The van der Waals surface area contributed by atoms with Gasteiger partial charge in [-0.15, -0.1) is 0 Å². The third-order valence-electron chi connectivity index (χ3n) is 3.93. The van der Waals surface area contributed by atoms with Gasteiger partial charge in [0.15, 0.2) is 0 Å². The number of nitrogens with two attached hydrogens (primary N) is 1. The molecule has 1 aromatic carbocycles. The van der Waals surface area contributed by atoms with Gasteiger partial charge in [-0.3, -0.25) is 0 Å². The van der Waals surface area contributed by atoms with E-state index >= 15 is 0 Å². The van der Waals surface area contributed by atoms with Crippen molar-refractivity contribution in [1.82, 2.24) is 4.90 Å². The predicted molar refractivity (Wildman–Crippen MR) is 74.5 cm³/mol. The largest absolute Gasteiger partial charge is 0.399 e. The molecule has 0 bridgehead atoms. The van der Waals surface area contributed by atoms with Gasteiger partial charge in [-0.05, 0) is 30.9 Å². The minimum Gasteiger partial charge on any atom is -0.399 e. The Morgan fingerprint density at radius 2 is 2.06 bits per heavy atom. The molecule has 1 aromatic rings. The maximum Gasteiger partial charge on any atom is 0.0426 e. The highest BCUT2D eigenvalue weighted by Gasteiger charge is 2.26. The summed E-state index contributed by atoms with van der Waals surface area (Å²) in [6.07, 6.45) is 8.06. The zero-order chi connectivity index (χ0) is 12.4. The molecule has 1 fully saturated rings. The van der Waals surface area contributed by atoms with Crippen molar-refractivity contribution in [3.05, 3.63) is 59.4 Å². The van der Waals surface area contributed by atoms with E-state index in [9.17, 15) is 0 Å². The van der Waals surface area contributed by atoms with E-state index in [1.807, 2.05) is 0 Å². The third kappa shape index (κ3) is 2.28. The number of fused-ring (bicyclic) bond motifs is 1. The predicted octanol–water partition coefficient (Wildman–Crippen LogP) is 3.03. The highest BCUT2D eigenvalue weighted by Crippen LogP contribution is 2.34. The van der Waals surface area contributed by atoms with Gasteiger partial charge in [-0.2, -0.15) is 0 Å². The first-order valence-electron chi connectivity index (χ1n) is 6.79. The van der Waals surface area contributed by atoms with Crippen molar-refractivity contribution in [1.29, 1.82) is 0 Å². The molecule has 2 heteroatoms. The van der Waals surface area contributed by atoms with Crippen LogP contribution in [0, 0.1) is 5.92 Å². The van der Waals surface area contributed by atoms with Crippen LogP contribution in [0.2, 0.25) is 0 Å². The van der Waals surface area contributed by atoms with Crippen LogP contribution >= 0.6 is 0 Å². The Morgan fingerprint density at radius 1 is 1.22 bits per heavy atom. The fourth-order valence-electron chi connectivity index (χ4n) is 2.99. The first-order valence-corrected chi connectivity index (χ1v) is 6.79. The zero-order valence-corrected chi connectivity index (χ0v) is 10.7. The monoisotopic (exact) mass is 240 g/mol. The van der Waals surface area contributed by atoms with Crippen LogP contribution in [0.15, 0.2) is 53.9 Å². The number of allylic oxidation sites excluding steroid dienone is 3. The van der Waals surface area contributed by atoms with Crippen LogP contribution in [0.1, 0.15) is 24.8 Å². The van der Waals surface area contributed by atoms with Crippen molar-refractivity contribution in [2.75, 3.05) is 6.54 Å². The van der Waals surface area contributed by atoms with Crippen LogP contribution in [-0.4, -0.2) is 11.4 Å². The second kappa shape index (κ2) is 4.89. The summed E-state index contributed by atoms with van der Waals surface area (Å²) in [5.74, 6) is 0.690. The number of hydrogen-bond acceptors (Lipinski definition) is 2. The van der Waals surface area contributed by atoms with Gasteiger partial charge in [-0.25, -0.2) is 0 Å². The van der Waals surface area contributed by atoms with E-state index in [4.69, 9.17) is 5.73 Å². The lowest BCUT2D eigenvalue weighted by molar-refractivity contribution is 0.232. The van der Waals surface area contributed by atoms with E-state index in [0.29, 0.717) is 5.92 Å². The Hall–Kier alpha value is -1.70. The lowest BCUT2D eigenvalue weighted by Gasteiger charge is -2.38. The summed E-state index contributed by atoms with van der Waals surface area (Å²) in [6, 6.07) is 10.7. The smallest absolute Gasteiger partial charge is 0.0426 e. The maximum atomic E-state index is 5.96. The van der Waals surface area contributed by atoms with Gasteiger partial charge in [0.05, 0.1) is 0 Å². The average Bonchev–Trinajstić information content (AvgIpc) is 2.41. The van der Waals surface area contributed by atoms with Crippen LogP contribution in [0.25, 0.3) is 0 Å². The van der Waals surface area contributed by atoms with Crippen molar-refractivity contribution in [2.24, 2.45) is 11.7 Å². The lowest BCUT2D eigenvalue weighted by atomic mass is 9.87. The summed E-state index contributed by atoms with van der Waals surface area (Å²) in [4.78, 5) is 2.50. The number of benzene rings is 1. The minimum atomic E-state index is 0.690. The summed E-state index contributed by atoms with van der Waals surface area (Å²) in [5.41, 5.74) is 9.72. The highest BCUT2D eigenvalue weighted by molar-refractivity contribution is 5.28. The standard InChI is InChI=1S/C16H20N2/c17-15-9-8-14-7-4-10-18(16(14)11-15)12-13-5-2-1-3-6-13/h1-3,5-6,9,11,14H,4,7-8,10,12,17H2. The second-order valence-corrected chi connectivity index (χ2v) is 5.26. The van der Waals surface area contributed by atoms with E-state index < -0.39 is 0 Å². The van der Waals surface area contributed by atoms with Crippen LogP contribution in [-0.2, 0) is 6.54 Å². The molecule has 0 spiro atoms. The van der Waals surface area contributed by atoms with Gasteiger partial charge in [-0.1, -0.05) is 36.4 Å². The number of piperidine rings is 1. The molecule has 0 radical (unpaired) electrons. The second-order valence-electron chi connectivity index (χ2n) is 5.26. The molecule has 2 N–H and O–H groups in total. The average molecular weight is 240 g/mol. The van der Waals surface area contributed by atoms with Gasteiger partial charge in [0.25, 0.3) is 0 Å². The Bertz CT molecular complexity index is 473. The molecule has 94 valence electrons. The van der Waals surface area contributed by atoms with Crippen molar-refractivity contribution in [3.63, 3.8) is 0 Å². The van der Waals surface area contributed by atoms with Crippen molar-refractivity contribution >= 4 is 0 Å². The third-order valence-corrected chi connectivity index (χ3v) is 3.93. The van der Waals surface area contributed by atoms with E-state index in [1.54, 1.807) is 0 Å². The summed E-state index contributed by atoms with van der Waals surface area (Å²) in [6.45, 7) is 2.17. The first-order chi connectivity index (χ1) is 8.83. The number of rotatable bonds is 2. The van der Waals surface area contributed by atoms with Crippen LogP contribution in [0.5, 0.6) is 0 Å². The van der Waals surface area contributed by atoms with Gasteiger partial charge < -0.3 is 10.6 Å². The number of nitrogens with zero attached hydrogens (tertiary/aromatic N) is 1. The molecule has 1 unspecified atom stereocenters. The van der Waals surface area contributed by atoms with Crippen LogP contribution in [0.4, 0.5) is 0 Å². The Morgan fingerprint density at radius 3 is 2.89 bits per heavy atom. The molecule has 1 atom stereocenters. The van der Waals surface area contributed by atoms with Crippen LogP contribution < -0.4 is 5.73 Å². The zero-order valence-electron chi connectivity index (χ0n) is 10.7. The summed E-state index contributed by atoms with van der Waals surface area (Å²) >= 11 is 0. The molecule has 0 aromatic heterocycles. The molecule has 2 nitrogen and oxygen atoms in total. The van der Waals surface area contributed by atoms with E-state index in [0.717, 1.165) is 25.2 Å². The van der Waals surface area contributed by atoms with Crippen molar-refractivity contribution < 1.29 is 0 Å². The van der Waals surface area contributed by atoms with Gasteiger partial charge >= 0.3 is 0 Å². The molecular formula is C16H20N2. The molecule has 3 rings (SSSR count). The molecule has 18 heavy (non-hydrogen) atoms. The molecule has 0 amide bonds. The van der Waals surface area contributed by atoms with E-state index in [2.05, 4.69) is 47.4 Å². The van der Waals surface area contributed by atoms with Crippen LogP contribution in [0.3, 0.4) is 0 Å². The quantitative estimate of drug-likeness (QED) is 0.861. The summed E-state index contributed by atoms with van der Waals surface area (Å²) in [5, 5.41) is 0. The fraction of sp³-hybridized carbons (Fsp3) is 0.375. The highest BCUT2D eigenvalue weighted by atomic mass is 15.1. The number of likely N-dealkylation sites (tertiary alicyclic amines) is 1. The normalized spacial score (nSPS) is 23.1. The molecule has 1 saturated heterocycles. The molecular weight excluding hydrogens is 220 g/mol. The SMILES string of the molecule is NC1=CCC2CCCN(Cc3ccccc3)C2=C1. The molecule has 1 heterocycles. The first kappa shape index (κ1) is 11.4. The lowest BCUT2D eigenvalue weighted by Crippen LogP contribution is -2.34. The molecule has 1 aliphatic heterocycles. The van der Waals surface area contributed by atoms with E-state index in [-0.39, 0.29) is 0 Å². The number of hydrogen-bond donors (Lipinski definition) is 1. The van der Waals surface area contributed by atoms with Gasteiger partial charge in [0, 0.05) is 30.4 Å². The summed E-state index contributed by atoms with van der Waals surface area (Å²) in [7, 11) is 0. The van der Waals surface area contributed by atoms with Crippen molar-refractivity contribution in [3.8, 4) is 0 Å². The minimum absolute atomic E-state index is 0.690. The molecule has 0 saturated carbocycles. The summed E-state index contributed by atoms with van der Waals surface area (Å²) < 4.78 is 0.